The van der Waals surface area contributed by atoms with E-state index in [1.54, 1.807) is 0 Å². The lowest BCUT2D eigenvalue weighted by atomic mass is 10.1. The van der Waals surface area contributed by atoms with Crippen molar-refractivity contribution in [3.05, 3.63) is 15.7 Å². The van der Waals surface area contributed by atoms with Gasteiger partial charge in [0, 0.05) is 19.4 Å². The first-order valence-electron chi connectivity index (χ1n) is 8.74. The van der Waals surface area contributed by atoms with Gasteiger partial charge in [-0.3, -0.25) is 19.2 Å². The number of hydrogen-bond donors (Lipinski definition) is 4. The number of nitrogens with zero attached hydrogens (tertiary/aromatic N) is 2. The molecule has 146 valence electrons. The summed E-state index contributed by atoms with van der Waals surface area (Å²) in [7, 11) is 0. The van der Waals surface area contributed by atoms with Crippen molar-refractivity contribution in [3.63, 3.8) is 0 Å². The average molecular weight is 488 g/mol. The number of aromatic amines is 1. The van der Waals surface area contributed by atoms with Gasteiger partial charge in [0.2, 0.25) is 23.6 Å². The van der Waals surface area contributed by atoms with Crippen LogP contribution in [0.15, 0.2) is 6.33 Å². The first-order chi connectivity index (χ1) is 12.9. The Morgan fingerprint density at radius 3 is 2.78 bits per heavy atom. The number of likely N-dealkylation sites (tertiary alicyclic amines) is 1. The number of rotatable bonds is 6. The van der Waals surface area contributed by atoms with Crippen LogP contribution in [0.2, 0.25) is 0 Å². The number of imidazole rings is 1. The number of amides is 4. The second kappa shape index (κ2) is 8.23. The van der Waals surface area contributed by atoms with Crippen LogP contribution in [0.4, 0.5) is 0 Å². The molecule has 2 aliphatic rings. The van der Waals surface area contributed by atoms with Crippen molar-refractivity contribution in [3.8, 4) is 0 Å². The van der Waals surface area contributed by atoms with Crippen molar-refractivity contribution in [2.24, 2.45) is 5.73 Å². The molecule has 10 nitrogen and oxygen atoms in total. The van der Waals surface area contributed by atoms with Crippen molar-refractivity contribution >= 4 is 46.2 Å². The molecule has 0 saturated carbocycles. The summed E-state index contributed by atoms with van der Waals surface area (Å²) >= 11 is 2.04. The third kappa shape index (κ3) is 4.39. The predicted molar refractivity (Wildman–Crippen MR) is 102 cm³/mol. The Morgan fingerprint density at radius 1 is 1.41 bits per heavy atom. The normalized spacial score (nSPS) is 23.1. The first-order valence-corrected chi connectivity index (χ1v) is 9.82. The van der Waals surface area contributed by atoms with Gasteiger partial charge in [-0.1, -0.05) is 0 Å². The van der Waals surface area contributed by atoms with Crippen molar-refractivity contribution < 1.29 is 19.2 Å². The standard InChI is InChI=1S/C16H21IN6O4/c17-13-9(19-7-20-13)6-10(22-15(26)8-3-4-12(24)21-8)16(27)23-5-1-2-11(23)14(18)25/h7-8,10-11H,1-6H2,(H2,18,25)(H,19,20)(H,21,24)(H,22,26)/t8-,10-,11-/m0/s1. The van der Waals surface area contributed by atoms with E-state index in [1.165, 1.54) is 11.2 Å². The van der Waals surface area contributed by atoms with Gasteiger partial charge in [0.15, 0.2) is 0 Å². The van der Waals surface area contributed by atoms with Gasteiger partial charge < -0.3 is 26.3 Å². The van der Waals surface area contributed by atoms with Gasteiger partial charge in [-0.25, -0.2) is 4.98 Å². The van der Waals surface area contributed by atoms with E-state index in [9.17, 15) is 19.2 Å². The summed E-state index contributed by atoms with van der Waals surface area (Å²) in [6.45, 7) is 0.416. The lowest BCUT2D eigenvalue weighted by Gasteiger charge is -2.28. The zero-order valence-electron chi connectivity index (χ0n) is 14.5. The number of carbonyl (C=O) groups is 4. The van der Waals surface area contributed by atoms with Crippen molar-refractivity contribution in [2.45, 2.75) is 50.2 Å². The van der Waals surface area contributed by atoms with E-state index in [4.69, 9.17) is 5.73 Å². The van der Waals surface area contributed by atoms with Gasteiger partial charge in [-0.15, -0.1) is 0 Å². The van der Waals surface area contributed by atoms with E-state index < -0.39 is 29.9 Å². The van der Waals surface area contributed by atoms with E-state index in [1.807, 2.05) is 22.6 Å². The Hall–Kier alpha value is -2.18. The summed E-state index contributed by atoms with van der Waals surface area (Å²) in [5, 5.41) is 5.33. The predicted octanol–water partition coefficient (Wildman–Crippen LogP) is -1.20. The van der Waals surface area contributed by atoms with Crippen LogP contribution in [0.5, 0.6) is 0 Å². The molecule has 0 spiro atoms. The molecule has 2 aliphatic heterocycles. The maximum absolute atomic E-state index is 13.1. The summed E-state index contributed by atoms with van der Waals surface area (Å²) in [5.41, 5.74) is 6.13. The zero-order valence-corrected chi connectivity index (χ0v) is 16.7. The van der Waals surface area contributed by atoms with Gasteiger partial charge in [0.25, 0.3) is 0 Å². The number of nitrogens with one attached hydrogen (secondary N) is 3. The molecule has 1 aromatic heterocycles. The number of H-pyrrole nitrogens is 1. The van der Waals surface area contributed by atoms with E-state index in [-0.39, 0.29) is 24.7 Å². The number of halogens is 1. The Labute approximate surface area is 169 Å². The third-order valence-corrected chi connectivity index (χ3v) is 5.79. The fourth-order valence-electron chi connectivity index (χ4n) is 3.46. The molecule has 3 heterocycles. The number of nitrogens with two attached hydrogens (primary N) is 1. The maximum atomic E-state index is 13.1. The molecule has 0 radical (unpaired) electrons. The molecule has 0 unspecified atom stereocenters. The fraction of sp³-hybridized carbons (Fsp3) is 0.562. The molecule has 11 heteroatoms. The van der Waals surface area contributed by atoms with E-state index in [0.29, 0.717) is 35.2 Å². The van der Waals surface area contributed by atoms with Gasteiger partial charge in [-0.05, 0) is 41.9 Å². The largest absolute Gasteiger partial charge is 0.368 e. The number of carbonyl (C=O) groups excluding carboxylic acids is 4. The number of primary amides is 1. The van der Waals surface area contributed by atoms with Gasteiger partial charge in [-0.2, -0.15) is 0 Å². The van der Waals surface area contributed by atoms with Gasteiger partial charge >= 0.3 is 0 Å². The molecule has 0 bridgehead atoms. The maximum Gasteiger partial charge on any atom is 0.246 e. The molecule has 3 rings (SSSR count). The Kier molecular flexibility index (Phi) is 5.97. The van der Waals surface area contributed by atoms with Crippen LogP contribution < -0.4 is 16.4 Å². The number of hydrogen-bond acceptors (Lipinski definition) is 5. The molecule has 5 N–H and O–H groups in total. The van der Waals surface area contributed by atoms with Gasteiger partial charge in [0.1, 0.15) is 21.8 Å². The highest BCUT2D eigenvalue weighted by Crippen LogP contribution is 2.20. The number of aromatic nitrogens is 2. The highest BCUT2D eigenvalue weighted by molar-refractivity contribution is 14.1. The molecule has 0 aromatic carbocycles. The highest BCUT2D eigenvalue weighted by Gasteiger charge is 2.38. The fourth-order valence-corrected chi connectivity index (χ4v) is 3.98. The minimum atomic E-state index is -0.885. The topological polar surface area (TPSA) is 150 Å². The van der Waals surface area contributed by atoms with Crippen molar-refractivity contribution in [1.29, 1.82) is 0 Å². The monoisotopic (exact) mass is 488 g/mol. The minimum Gasteiger partial charge on any atom is -0.368 e. The zero-order chi connectivity index (χ0) is 19.6. The molecule has 4 amide bonds. The second-order valence-electron chi connectivity index (χ2n) is 6.69. The van der Waals surface area contributed by atoms with Crippen LogP contribution in [0.3, 0.4) is 0 Å². The van der Waals surface area contributed by atoms with Crippen molar-refractivity contribution in [1.82, 2.24) is 25.5 Å². The first kappa shape index (κ1) is 19.6. The Balaban J connectivity index is 1.77. The van der Waals surface area contributed by atoms with Crippen LogP contribution >= 0.6 is 22.6 Å². The highest BCUT2D eigenvalue weighted by atomic mass is 127. The molecule has 2 fully saturated rings. The third-order valence-electron chi connectivity index (χ3n) is 4.86. The minimum absolute atomic E-state index is 0.186. The van der Waals surface area contributed by atoms with Crippen LogP contribution in [-0.4, -0.2) is 63.2 Å². The molecular formula is C16H21IN6O4. The average Bonchev–Trinajstić information content (AvgIpc) is 3.35. The van der Waals surface area contributed by atoms with Gasteiger partial charge in [0.05, 0.1) is 12.0 Å². The smallest absolute Gasteiger partial charge is 0.246 e. The SMILES string of the molecule is NC(=O)[C@@H]1CCCN1C(=O)[C@H](Cc1[nH]cnc1I)NC(=O)[C@@H]1CCC(=O)N1. The molecule has 1 aromatic rings. The van der Waals surface area contributed by atoms with Crippen LogP contribution in [-0.2, 0) is 25.6 Å². The molecular weight excluding hydrogens is 467 g/mol. The molecule has 27 heavy (non-hydrogen) atoms. The van der Waals surface area contributed by atoms with E-state index in [0.717, 1.165) is 0 Å². The second-order valence-corrected chi connectivity index (χ2v) is 7.71. The summed E-state index contributed by atoms with van der Waals surface area (Å²) in [6, 6.07) is -2.20. The van der Waals surface area contributed by atoms with Crippen LogP contribution in [0.25, 0.3) is 0 Å². The summed E-state index contributed by atoms with van der Waals surface area (Å²) in [5.74, 6) is -1.51. The van der Waals surface area contributed by atoms with Crippen LogP contribution in [0, 0.1) is 3.70 Å². The lowest BCUT2D eigenvalue weighted by molar-refractivity contribution is -0.140. The Bertz CT molecular complexity index is 766. The van der Waals surface area contributed by atoms with E-state index in [2.05, 4.69) is 20.6 Å². The summed E-state index contributed by atoms with van der Waals surface area (Å²) < 4.78 is 0.696. The summed E-state index contributed by atoms with van der Waals surface area (Å²) in [6.07, 6.45) is 3.58. The molecule has 3 atom stereocenters. The van der Waals surface area contributed by atoms with Crippen LogP contribution in [0.1, 0.15) is 31.4 Å². The summed E-state index contributed by atoms with van der Waals surface area (Å²) in [4.78, 5) is 57.1. The molecule has 0 aliphatic carbocycles. The molecule has 2 saturated heterocycles. The van der Waals surface area contributed by atoms with Crippen molar-refractivity contribution in [2.75, 3.05) is 6.54 Å². The quantitative estimate of drug-likeness (QED) is 0.371. The van der Waals surface area contributed by atoms with E-state index >= 15 is 0 Å². The Morgan fingerprint density at radius 2 is 2.19 bits per heavy atom. The lowest BCUT2D eigenvalue weighted by Crippen LogP contribution is -2.56.